The maximum absolute atomic E-state index is 5.54. The van der Waals surface area contributed by atoms with Gasteiger partial charge in [-0.1, -0.05) is 20.8 Å². The van der Waals surface area contributed by atoms with Gasteiger partial charge in [0.05, 0.1) is 11.4 Å². The lowest BCUT2D eigenvalue weighted by Gasteiger charge is -2.22. The van der Waals surface area contributed by atoms with Gasteiger partial charge in [-0.15, -0.1) is 10.3 Å². The Morgan fingerprint density at radius 3 is 1.67 bits per heavy atom. The van der Waals surface area contributed by atoms with Crippen molar-refractivity contribution in [3.63, 3.8) is 0 Å². The van der Waals surface area contributed by atoms with E-state index in [1.165, 1.54) is 0 Å². The molecule has 0 rings (SSSR count). The monoisotopic (exact) mass is 274 g/mol. The van der Waals surface area contributed by atoms with Gasteiger partial charge in [-0.2, -0.15) is 0 Å². The Kier molecular flexibility index (Phi) is 8.65. The molecule has 0 fully saturated rings. The van der Waals surface area contributed by atoms with E-state index in [9.17, 15) is 0 Å². The first-order valence-corrected chi connectivity index (χ1v) is 8.45. The van der Waals surface area contributed by atoms with Gasteiger partial charge < -0.3 is 13.5 Å². The Labute approximate surface area is 112 Å². The van der Waals surface area contributed by atoms with Gasteiger partial charge in [0.15, 0.2) is 0 Å². The van der Waals surface area contributed by atoms with Crippen LogP contribution in [-0.2, 0) is 13.5 Å². The summed E-state index contributed by atoms with van der Waals surface area (Å²) in [7, 11) is -1.21. The Morgan fingerprint density at radius 1 is 0.944 bits per heavy atom. The van der Waals surface area contributed by atoms with Gasteiger partial charge in [-0.25, -0.2) is 0 Å². The molecule has 0 saturated carbocycles. The van der Waals surface area contributed by atoms with Crippen molar-refractivity contribution in [1.29, 1.82) is 0 Å². The van der Waals surface area contributed by atoms with Crippen molar-refractivity contribution in [2.45, 2.75) is 59.9 Å². The number of hydrogen-bond donors (Lipinski definition) is 0. The summed E-state index contributed by atoms with van der Waals surface area (Å²) < 4.78 is 16.5. The second-order valence-corrected chi connectivity index (χ2v) is 6.82. The average Bonchev–Trinajstić information content (AvgIpc) is 2.41. The third-order valence-corrected chi connectivity index (χ3v) is 5.04. The van der Waals surface area contributed by atoms with Gasteiger partial charge in [0, 0.05) is 13.2 Å². The zero-order chi connectivity index (χ0) is 14.0. The van der Waals surface area contributed by atoms with Crippen LogP contribution in [0.3, 0.4) is 0 Å². The fraction of sp³-hybridized carbons (Fsp3) is 0.833. The van der Waals surface area contributed by atoms with Crippen LogP contribution in [0.1, 0.15) is 53.9 Å². The van der Waals surface area contributed by atoms with Crippen LogP contribution in [0.25, 0.3) is 0 Å². The molecule has 0 unspecified atom stereocenters. The first-order chi connectivity index (χ1) is 8.53. The lowest BCUT2D eigenvalue weighted by Crippen LogP contribution is -2.42. The summed E-state index contributed by atoms with van der Waals surface area (Å²) in [5, 5.41) is 8.13. The fourth-order valence-corrected chi connectivity index (χ4v) is 2.79. The molecule has 0 aromatic carbocycles. The van der Waals surface area contributed by atoms with Crippen LogP contribution >= 0.6 is 0 Å². The number of hydrogen-bond acceptors (Lipinski definition) is 5. The molecule has 0 N–H and O–H groups in total. The molecular weight excluding hydrogens is 248 g/mol. The van der Waals surface area contributed by atoms with Gasteiger partial charge in [0.1, 0.15) is 0 Å². The van der Waals surface area contributed by atoms with Crippen LogP contribution in [0.2, 0.25) is 6.04 Å². The minimum Gasteiger partial charge on any atom is -0.383 e. The van der Waals surface area contributed by atoms with E-state index >= 15 is 0 Å². The summed E-state index contributed by atoms with van der Waals surface area (Å²) in [5.41, 5.74) is 1.83. The highest BCUT2D eigenvalue weighted by molar-refractivity contribution is 6.60. The standard InChI is InChI=1S/C12H26N2O3Si/c1-7-10-18(15-6,16-13-11(4)8-2)17-14-12(5)9-3/h7-10H2,1-6H3. The third kappa shape index (κ3) is 6.16. The second kappa shape index (κ2) is 9.10. The molecule has 106 valence electrons. The van der Waals surface area contributed by atoms with Crippen LogP contribution < -0.4 is 0 Å². The molecular formula is C12H26N2O3Si. The van der Waals surface area contributed by atoms with Crippen LogP contribution in [0.4, 0.5) is 0 Å². The van der Waals surface area contributed by atoms with E-state index in [-0.39, 0.29) is 0 Å². The normalized spacial score (nSPS) is 16.3. The van der Waals surface area contributed by atoms with Crippen molar-refractivity contribution in [1.82, 2.24) is 0 Å². The molecule has 0 amide bonds. The molecule has 0 aromatic heterocycles. The smallest absolute Gasteiger partial charge is 0.383 e. The lowest BCUT2D eigenvalue weighted by molar-refractivity contribution is 0.0823. The Morgan fingerprint density at radius 2 is 1.39 bits per heavy atom. The number of rotatable bonds is 9. The predicted octanol–water partition coefficient (Wildman–Crippen LogP) is 3.59. The highest BCUT2D eigenvalue weighted by Gasteiger charge is 2.45. The van der Waals surface area contributed by atoms with Gasteiger partial charge in [0.25, 0.3) is 0 Å². The minimum atomic E-state index is -2.80. The third-order valence-electron chi connectivity index (χ3n) is 2.57. The van der Waals surface area contributed by atoms with Crippen molar-refractivity contribution in [2.75, 3.05) is 7.11 Å². The van der Waals surface area contributed by atoms with Gasteiger partial charge >= 0.3 is 8.80 Å². The molecule has 0 radical (unpaired) electrons. The Balaban J connectivity index is 4.80. The van der Waals surface area contributed by atoms with E-state index < -0.39 is 8.80 Å². The molecule has 0 aliphatic carbocycles. The minimum absolute atomic E-state index is 0.699. The molecule has 5 nitrogen and oxygen atoms in total. The van der Waals surface area contributed by atoms with Gasteiger partial charge in [-0.05, 0) is 33.1 Å². The maximum atomic E-state index is 5.54. The van der Waals surface area contributed by atoms with Crippen molar-refractivity contribution in [3.8, 4) is 0 Å². The van der Waals surface area contributed by atoms with E-state index in [2.05, 4.69) is 17.2 Å². The number of oxime groups is 2. The van der Waals surface area contributed by atoms with E-state index in [4.69, 9.17) is 13.5 Å². The van der Waals surface area contributed by atoms with Gasteiger partial charge in [0.2, 0.25) is 0 Å². The molecule has 6 heteroatoms. The predicted molar refractivity (Wildman–Crippen MR) is 76.8 cm³/mol. The van der Waals surface area contributed by atoms with E-state index in [1.807, 2.05) is 27.7 Å². The number of nitrogens with zero attached hydrogens (tertiary/aromatic N) is 2. The van der Waals surface area contributed by atoms with Crippen molar-refractivity contribution in [2.24, 2.45) is 10.3 Å². The summed E-state index contributed by atoms with van der Waals surface area (Å²) in [6.45, 7) is 9.94. The molecule has 0 bridgehead atoms. The average molecular weight is 274 g/mol. The van der Waals surface area contributed by atoms with Crippen molar-refractivity contribution in [3.05, 3.63) is 0 Å². The van der Waals surface area contributed by atoms with Crippen LogP contribution in [-0.4, -0.2) is 27.3 Å². The van der Waals surface area contributed by atoms with E-state index in [0.717, 1.165) is 30.7 Å². The highest BCUT2D eigenvalue weighted by Crippen LogP contribution is 2.18. The van der Waals surface area contributed by atoms with Crippen molar-refractivity contribution >= 4 is 20.2 Å². The first-order valence-electron chi connectivity index (χ1n) is 6.51. The van der Waals surface area contributed by atoms with E-state index in [0.29, 0.717) is 6.04 Å². The van der Waals surface area contributed by atoms with Crippen LogP contribution in [0.5, 0.6) is 0 Å². The molecule has 0 aliphatic heterocycles. The zero-order valence-electron chi connectivity index (χ0n) is 12.4. The molecule has 0 aliphatic rings. The topological polar surface area (TPSA) is 52.4 Å². The molecule has 0 heterocycles. The molecule has 18 heavy (non-hydrogen) atoms. The fourth-order valence-electron chi connectivity index (χ4n) is 1.01. The Bertz CT molecular complexity index is 271. The first kappa shape index (κ1) is 17.1. The summed E-state index contributed by atoms with van der Waals surface area (Å²) >= 11 is 0. The largest absolute Gasteiger partial charge is 0.673 e. The summed E-state index contributed by atoms with van der Waals surface area (Å²) in [4.78, 5) is 0. The van der Waals surface area contributed by atoms with Crippen molar-refractivity contribution < 1.29 is 13.5 Å². The van der Waals surface area contributed by atoms with Crippen LogP contribution in [0.15, 0.2) is 10.3 Å². The zero-order valence-corrected chi connectivity index (χ0v) is 13.4. The maximum Gasteiger partial charge on any atom is 0.673 e. The van der Waals surface area contributed by atoms with Crippen LogP contribution in [0, 0.1) is 0 Å². The molecule has 0 atom stereocenters. The molecule has 0 spiro atoms. The van der Waals surface area contributed by atoms with E-state index in [1.54, 1.807) is 7.11 Å². The SMILES string of the molecule is CCC[Si](OC)(ON=C(C)CC)ON=C(C)CC. The second-order valence-electron chi connectivity index (χ2n) is 4.18. The summed E-state index contributed by atoms with van der Waals surface area (Å²) in [6.07, 6.45) is 2.59. The summed E-state index contributed by atoms with van der Waals surface area (Å²) in [5.74, 6) is 0. The lowest BCUT2D eigenvalue weighted by atomic mass is 10.3. The molecule has 0 aromatic rings. The highest BCUT2D eigenvalue weighted by atomic mass is 28.4. The Hall–Kier alpha value is -0.883. The molecule has 0 saturated heterocycles. The summed E-state index contributed by atoms with van der Waals surface area (Å²) in [6, 6.07) is 0.699. The quantitative estimate of drug-likeness (QED) is 0.367. The van der Waals surface area contributed by atoms with Gasteiger partial charge in [-0.3, -0.25) is 0 Å².